The van der Waals surface area contributed by atoms with E-state index < -0.39 is 5.41 Å². The smallest absolute Gasteiger partial charge is 0.136 e. The van der Waals surface area contributed by atoms with Crippen LogP contribution >= 0.6 is 0 Å². The average molecular weight is 1500 g/mol. The number of pyridine rings is 2. The molecule has 0 radical (unpaired) electrons. The summed E-state index contributed by atoms with van der Waals surface area (Å²) in [5, 5.41) is 14.3. The molecule has 2 aliphatic rings. The van der Waals surface area contributed by atoms with Crippen molar-refractivity contribution in [3.05, 3.63) is 459 Å². The van der Waals surface area contributed by atoms with Gasteiger partial charge in [-0.25, -0.2) is 0 Å². The first-order valence-corrected chi connectivity index (χ1v) is 40.6. The van der Waals surface area contributed by atoms with Crippen molar-refractivity contribution in [2.45, 2.75) is 5.41 Å². The van der Waals surface area contributed by atoms with Gasteiger partial charge in [0, 0.05) is 45.4 Å². The molecule has 0 atom stereocenters. The highest BCUT2D eigenvalue weighted by molar-refractivity contribution is 6.24. The quantitative estimate of drug-likeness (QED) is 0.128. The summed E-state index contributed by atoms with van der Waals surface area (Å²) >= 11 is 0. The SMILES string of the molecule is c1ccc(-c2ccc(-c3c4ccccc4c(-c4ccc(-c5ccc6c(c5)C5(c7ccccc7-c7ccccc75)c5ccccc5-6)nc4)c4ccc(-c5ccccc5)cc34)cc2)cc1.c1ccc(-c2ccc(-c3c4ccccc4c(-c4ccc(-c5ccc6oc7cc8ccccc8cc7c6c5)nc4)c4ccc(-c5ccccc5)cc34)cc2)cc1. The topological polar surface area (TPSA) is 38.9 Å². The molecule has 0 fully saturated rings. The fraction of sp³-hybridized carbons (Fsp3) is 0.00870. The minimum Gasteiger partial charge on any atom is -0.456 e. The van der Waals surface area contributed by atoms with Gasteiger partial charge in [0.05, 0.1) is 16.8 Å². The highest BCUT2D eigenvalue weighted by Crippen LogP contribution is 2.63. The first-order valence-electron chi connectivity index (χ1n) is 40.6. The average Bonchev–Trinajstić information content (AvgIpc) is 1.50. The van der Waals surface area contributed by atoms with E-state index in [0.29, 0.717) is 0 Å². The van der Waals surface area contributed by atoms with Crippen molar-refractivity contribution in [1.29, 1.82) is 0 Å². The highest BCUT2D eigenvalue weighted by atomic mass is 16.3. The van der Waals surface area contributed by atoms with Crippen LogP contribution in [0.5, 0.6) is 0 Å². The maximum atomic E-state index is 6.29. The van der Waals surface area contributed by atoms with Gasteiger partial charge < -0.3 is 4.42 Å². The van der Waals surface area contributed by atoms with E-state index in [-0.39, 0.29) is 0 Å². The molecule has 118 heavy (non-hydrogen) atoms. The number of aromatic nitrogens is 2. The van der Waals surface area contributed by atoms with E-state index >= 15 is 0 Å². The van der Waals surface area contributed by atoms with Crippen molar-refractivity contribution in [2.24, 2.45) is 0 Å². The van der Waals surface area contributed by atoms with Crippen molar-refractivity contribution in [3.8, 4) is 134 Å². The van der Waals surface area contributed by atoms with E-state index in [2.05, 4.69) is 431 Å². The second-order valence-corrected chi connectivity index (χ2v) is 31.3. The molecule has 0 unspecified atom stereocenters. The van der Waals surface area contributed by atoms with Crippen LogP contribution in [-0.2, 0) is 5.41 Å². The Balaban J connectivity index is 0.000000140. The molecule has 3 nitrogen and oxygen atoms in total. The van der Waals surface area contributed by atoms with E-state index in [1.54, 1.807) is 0 Å². The molecular weight excluding hydrogens is 1430 g/mol. The van der Waals surface area contributed by atoms with Crippen LogP contribution < -0.4 is 0 Å². The molecule has 1 spiro atoms. The third-order valence-corrected chi connectivity index (χ3v) is 24.9. The maximum absolute atomic E-state index is 6.29. The summed E-state index contributed by atoms with van der Waals surface area (Å²) in [6, 6.07) is 154. The van der Waals surface area contributed by atoms with Crippen LogP contribution in [0.1, 0.15) is 22.3 Å². The molecule has 24 rings (SSSR count). The minimum atomic E-state index is -0.394. The van der Waals surface area contributed by atoms with E-state index in [1.165, 1.54) is 176 Å². The molecule has 22 aromatic rings. The molecule has 0 saturated carbocycles. The molecule has 0 saturated heterocycles. The number of fused-ring (bicyclic) bond motifs is 18. The predicted octanol–water partition coefficient (Wildman–Crippen LogP) is 30.8. The van der Waals surface area contributed by atoms with Crippen molar-refractivity contribution in [2.75, 3.05) is 0 Å². The fourth-order valence-electron chi connectivity index (χ4n) is 19.4. The molecule has 19 aromatic carbocycles. The number of furan rings is 1. The summed E-state index contributed by atoms with van der Waals surface area (Å²) in [5.41, 5.74) is 35.2. The van der Waals surface area contributed by atoms with Gasteiger partial charge in [-0.3, -0.25) is 9.97 Å². The van der Waals surface area contributed by atoms with E-state index in [0.717, 1.165) is 55.6 Å². The molecule has 3 heteroatoms. The molecule has 3 aromatic heterocycles. The second kappa shape index (κ2) is 28.0. The summed E-state index contributed by atoms with van der Waals surface area (Å²) in [7, 11) is 0. The first-order chi connectivity index (χ1) is 58.5. The lowest BCUT2D eigenvalue weighted by atomic mass is 9.70. The highest BCUT2D eigenvalue weighted by Gasteiger charge is 2.51. The van der Waals surface area contributed by atoms with Gasteiger partial charge in [-0.05, 0) is 237 Å². The molecule has 0 aliphatic heterocycles. The van der Waals surface area contributed by atoms with Gasteiger partial charge >= 0.3 is 0 Å². The van der Waals surface area contributed by atoms with Gasteiger partial charge in [0.1, 0.15) is 11.2 Å². The largest absolute Gasteiger partial charge is 0.456 e. The number of nitrogens with zero attached hydrogens (tertiary/aromatic N) is 2. The zero-order valence-electron chi connectivity index (χ0n) is 64.4. The molecule has 0 N–H and O–H groups in total. The number of hydrogen-bond acceptors (Lipinski definition) is 3. The predicted molar refractivity (Wildman–Crippen MR) is 494 cm³/mol. The van der Waals surface area contributed by atoms with Gasteiger partial charge in [0.15, 0.2) is 0 Å². The van der Waals surface area contributed by atoms with Crippen LogP contribution in [0, 0.1) is 0 Å². The lowest BCUT2D eigenvalue weighted by Gasteiger charge is -2.30. The summed E-state index contributed by atoms with van der Waals surface area (Å²) in [6.07, 6.45) is 4.13. The van der Waals surface area contributed by atoms with Gasteiger partial charge in [0.2, 0.25) is 0 Å². The second-order valence-electron chi connectivity index (χ2n) is 31.3. The Bertz CT molecular complexity index is 7660. The van der Waals surface area contributed by atoms with Crippen LogP contribution in [-0.4, -0.2) is 9.97 Å². The van der Waals surface area contributed by atoms with E-state index in [1.807, 2.05) is 6.20 Å². The van der Waals surface area contributed by atoms with Crippen LogP contribution in [0.3, 0.4) is 0 Å². The normalized spacial score (nSPS) is 12.3. The number of benzene rings is 19. The van der Waals surface area contributed by atoms with Crippen LogP contribution in [0.15, 0.2) is 441 Å². The third-order valence-electron chi connectivity index (χ3n) is 24.9. The number of rotatable bonds is 10. The Morgan fingerprint density at radius 3 is 0.915 bits per heavy atom. The molecule has 0 bridgehead atoms. The first kappa shape index (κ1) is 68.2. The van der Waals surface area contributed by atoms with E-state index in [4.69, 9.17) is 14.4 Å². The molecule has 548 valence electrons. The van der Waals surface area contributed by atoms with Gasteiger partial charge in [-0.2, -0.15) is 0 Å². The Hall–Kier alpha value is -15.4. The zero-order chi connectivity index (χ0) is 77.8. The third kappa shape index (κ3) is 11.2. The van der Waals surface area contributed by atoms with Crippen molar-refractivity contribution in [3.63, 3.8) is 0 Å². The summed E-state index contributed by atoms with van der Waals surface area (Å²) in [5.74, 6) is 0. The summed E-state index contributed by atoms with van der Waals surface area (Å²) in [4.78, 5) is 10.4. The van der Waals surface area contributed by atoms with Gasteiger partial charge in [-0.15, -0.1) is 0 Å². The standard InChI is InChI=1S/C62H39N.C53H33NO/c1-3-15-40(16-4-1)42-27-29-43(30-28-42)60-51-22-7-8-23-52(51)61(53-35-31-44(37-54(53)60)41-17-5-2-6-18-41)46-33-36-59(63-39-46)45-32-34-50-49-21-11-14-26-57(49)62(58(50)38-45)55-24-12-9-19-47(55)48-20-10-13-25-56(48)62;1-3-11-34(12-4-1)36-19-21-37(22-20-36)52-43-17-9-10-18-44(43)53(45-26-23-40(30-48(45)52)35-13-5-2-6-14-35)42-24-27-49(54-33-42)41-25-28-50-46(31-41)47-29-38-15-7-8-16-39(38)32-51(47)55-50/h1-39H;1-33H. The Morgan fingerprint density at radius 2 is 0.475 bits per heavy atom. The Kier molecular flexibility index (Phi) is 16.2. The summed E-state index contributed by atoms with van der Waals surface area (Å²) in [6.45, 7) is 0. The Labute approximate surface area is 684 Å². The minimum absolute atomic E-state index is 0.394. The van der Waals surface area contributed by atoms with Crippen molar-refractivity contribution < 1.29 is 4.42 Å². The van der Waals surface area contributed by atoms with Crippen molar-refractivity contribution >= 4 is 75.8 Å². The van der Waals surface area contributed by atoms with E-state index in [9.17, 15) is 0 Å². The van der Waals surface area contributed by atoms with Crippen molar-refractivity contribution in [1.82, 2.24) is 9.97 Å². The van der Waals surface area contributed by atoms with Crippen LogP contribution in [0.2, 0.25) is 0 Å². The molecule has 0 amide bonds. The Morgan fingerprint density at radius 1 is 0.169 bits per heavy atom. The fourth-order valence-corrected chi connectivity index (χ4v) is 19.4. The molecular formula is C115H72N2O. The molecule has 2 aliphatic carbocycles. The molecule has 3 heterocycles. The lowest BCUT2D eigenvalue weighted by molar-refractivity contribution is 0.669. The monoisotopic (exact) mass is 1500 g/mol. The maximum Gasteiger partial charge on any atom is 0.136 e. The lowest BCUT2D eigenvalue weighted by Crippen LogP contribution is -2.25. The van der Waals surface area contributed by atoms with Crippen LogP contribution in [0.4, 0.5) is 0 Å². The van der Waals surface area contributed by atoms with Gasteiger partial charge in [-0.1, -0.05) is 364 Å². The van der Waals surface area contributed by atoms with Gasteiger partial charge in [0.25, 0.3) is 0 Å². The zero-order valence-corrected chi connectivity index (χ0v) is 64.4. The summed E-state index contributed by atoms with van der Waals surface area (Å²) < 4.78 is 6.29. The van der Waals surface area contributed by atoms with Crippen LogP contribution in [0.25, 0.3) is 210 Å². The number of hydrogen-bond donors (Lipinski definition) is 0.